The molecule has 0 saturated heterocycles. The van der Waals surface area contributed by atoms with Gasteiger partial charge in [0.05, 0.1) is 24.3 Å². The van der Waals surface area contributed by atoms with Crippen LogP contribution in [0.4, 0.5) is 18.9 Å². The molecule has 1 saturated carbocycles. The third-order valence-electron chi connectivity index (χ3n) is 6.27. The van der Waals surface area contributed by atoms with Crippen LogP contribution in [-0.4, -0.2) is 37.8 Å². The molecule has 0 amide bonds. The Balaban J connectivity index is 1.46. The molecule has 0 unspecified atom stereocenters. The van der Waals surface area contributed by atoms with E-state index in [9.17, 15) is 26.4 Å². The van der Waals surface area contributed by atoms with E-state index in [4.69, 9.17) is 9.84 Å². The Morgan fingerprint density at radius 2 is 1.78 bits per heavy atom. The summed E-state index contributed by atoms with van der Waals surface area (Å²) in [6.45, 7) is 0. The number of carboxylic acids is 1. The van der Waals surface area contributed by atoms with E-state index in [2.05, 4.69) is 9.71 Å². The quantitative estimate of drug-likeness (QED) is 0.372. The van der Waals surface area contributed by atoms with Crippen LogP contribution in [0.25, 0.3) is 10.6 Å². The second-order valence-electron chi connectivity index (χ2n) is 8.53. The molecule has 1 aliphatic carbocycles. The van der Waals surface area contributed by atoms with E-state index in [1.807, 2.05) is 12.1 Å². The van der Waals surface area contributed by atoms with Crippen molar-refractivity contribution in [3.8, 4) is 16.3 Å². The van der Waals surface area contributed by atoms with Crippen LogP contribution in [0.3, 0.4) is 0 Å². The van der Waals surface area contributed by atoms with Crippen molar-refractivity contribution < 1.29 is 36.2 Å². The van der Waals surface area contributed by atoms with Gasteiger partial charge in [-0.05, 0) is 55.4 Å². The summed E-state index contributed by atoms with van der Waals surface area (Å²) in [5.41, 5.74) is 1.67. The Morgan fingerprint density at radius 1 is 1.11 bits per heavy atom. The van der Waals surface area contributed by atoms with Crippen molar-refractivity contribution in [3.63, 3.8) is 0 Å². The molecule has 3 aromatic rings. The Morgan fingerprint density at radius 3 is 2.36 bits per heavy atom. The summed E-state index contributed by atoms with van der Waals surface area (Å²) in [7, 11) is -2.78. The number of rotatable bonds is 7. The summed E-state index contributed by atoms with van der Waals surface area (Å²) in [6, 6.07) is 11.1. The lowest BCUT2D eigenvalue weighted by atomic mass is 9.78. The number of benzene rings is 2. The van der Waals surface area contributed by atoms with Crippen molar-refractivity contribution in [2.24, 2.45) is 5.92 Å². The van der Waals surface area contributed by atoms with Crippen LogP contribution in [0.2, 0.25) is 0 Å². The van der Waals surface area contributed by atoms with Crippen molar-refractivity contribution in [1.29, 1.82) is 0 Å². The zero-order valence-corrected chi connectivity index (χ0v) is 20.7. The molecule has 192 valence electrons. The van der Waals surface area contributed by atoms with Gasteiger partial charge in [0.2, 0.25) is 0 Å². The highest BCUT2D eigenvalue weighted by Gasteiger charge is 2.41. The number of carbonyl (C=O) groups is 1. The van der Waals surface area contributed by atoms with Gasteiger partial charge in [-0.15, -0.1) is 11.3 Å². The fraction of sp³-hybridized carbons (Fsp3) is 0.333. The first-order valence-corrected chi connectivity index (χ1v) is 13.4. The fourth-order valence-electron chi connectivity index (χ4n) is 4.27. The summed E-state index contributed by atoms with van der Waals surface area (Å²) >= 11 is 1.14. The molecule has 1 aromatic heterocycles. The number of halogens is 3. The van der Waals surface area contributed by atoms with Gasteiger partial charge in [-0.25, -0.2) is 9.78 Å². The number of hydrogen-bond acceptors (Lipinski definition) is 6. The van der Waals surface area contributed by atoms with E-state index < -0.39 is 28.1 Å². The monoisotopic (exact) mass is 540 g/mol. The smallest absolute Gasteiger partial charge is 0.391 e. The van der Waals surface area contributed by atoms with Crippen LogP contribution in [0.1, 0.15) is 47.5 Å². The number of carboxylic acid groups (broad SMARTS) is 1. The predicted octanol–water partition coefficient (Wildman–Crippen LogP) is 6.15. The summed E-state index contributed by atoms with van der Waals surface area (Å²) in [5, 5.41) is 10.8. The molecule has 36 heavy (non-hydrogen) atoms. The zero-order valence-electron chi connectivity index (χ0n) is 19.1. The lowest BCUT2D eigenvalue weighted by molar-refractivity contribution is -0.182. The van der Waals surface area contributed by atoms with Gasteiger partial charge < -0.3 is 9.84 Å². The maximum absolute atomic E-state index is 12.9. The van der Waals surface area contributed by atoms with Gasteiger partial charge in [0.25, 0.3) is 10.0 Å². The molecule has 1 heterocycles. The van der Waals surface area contributed by atoms with Gasteiger partial charge >= 0.3 is 12.1 Å². The first kappa shape index (κ1) is 26.0. The molecule has 7 nitrogen and oxygen atoms in total. The van der Waals surface area contributed by atoms with Crippen molar-refractivity contribution in [2.75, 3.05) is 11.8 Å². The molecule has 0 spiro atoms. The SMILES string of the molecule is COc1cc(C(=O)O)ccc1NS(=O)(=O)c1csc(-c2ccc([C@H]3CC[C@H](C(F)(F)F)CC3)cc2)n1. The fourth-order valence-corrected chi connectivity index (χ4v) is 6.44. The second-order valence-corrected chi connectivity index (χ2v) is 11.0. The van der Waals surface area contributed by atoms with E-state index in [0.29, 0.717) is 23.4 Å². The van der Waals surface area contributed by atoms with Crippen molar-refractivity contribution in [3.05, 3.63) is 59.0 Å². The molecule has 1 fully saturated rings. The Hall–Kier alpha value is -3.12. The summed E-state index contributed by atoms with van der Waals surface area (Å²) in [6.07, 6.45) is -2.93. The number of aromatic nitrogens is 1. The van der Waals surface area contributed by atoms with Gasteiger partial charge in [0.15, 0.2) is 5.03 Å². The first-order valence-electron chi connectivity index (χ1n) is 11.0. The molecular formula is C24H23F3N2O5S2. The van der Waals surface area contributed by atoms with Gasteiger partial charge in [-0.2, -0.15) is 21.6 Å². The molecular weight excluding hydrogens is 517 g/mol. The van der Waals surface area contributed by atoms with Crippen molar-refractivity contribution in [1.82, 2.24) is 4.98 Å². The van der Waals surface area contributed by atoms with Gasteiger partial charge in [0.1, 0.15) is 10.8 Å². The second kappa shape index (κ2) is 10.1. The number of thiazole rings is 1. The number of alkyl halides is 3. The van der Waals surface area contributed by atoms with Crippen LogP contribution < -0.4 is 9.46 Å². The van der Waals surface area contributed by atoms with E-state index >= 15 is 0 Å². The molecule has 2 aromatic carbocycles. The molecule has 0 bridgehead atoms. The average Bonchev–Trinajstić information content (AvgIpc) is 3.35. The number of sulfonamides is 1. The van der Waals surface area contributed by atoms with E-state index in [0.717, 1.165) is 16.9 Å². The maximum atomic E-state index is 12.9. The van der Waals surface area contributed by atoms with E-state index in [1.54, 1.807) is 12.1 Å². The third-order valence-corrected chi connectivity index (χ3v) is 8.56. The largest absolute Gasteiger partial charge is 0.495 e. The van der Waals surface area contributed by atoms with Crippen LogP contribution in [0, 0.1) is 5.92 Å². The Bertz CT molecular complexity index is 1350. The molecule has 0 atom stereocenters. The average molecular weight is 541 g/mol. The lowest BCUT2D eigenvalue weighted by Gasteiger charge is -2.30. The number of ether oxygens (including phenoxy) is 1. The minimum absolute atomic E-state index is 0.0498. The number of hydrogen-bond donors (Lipinski definition) is 2. The number of anilines is 1. The molecule has 0 radical (unpaired) electrons. The zero-order chi connectivity index (χ0) is 26.1. The van der Waals surface area contributed by atoms with Crippen molar-refractivity contribution in [2.45, 2.75) is 42.8 Å². The highest BCUT2D eigenvalue weighted by molar-refractivity contribution is 7.92. The number of nitrogens with one attached hydrogen (secondary N) is 1. The minimum Gasteiger partial charge on any atom is -0.495 e. The highest BCUT2D eigenvalue weighted by atomic mass is 32.2. The van der Waals surface area contributed by atoms with Crippen LogP contribution >= 0.6 is 11.3 Å². The third kappa shape index (κ3) is 5.65. The van der Waals surface area contributed by atoms with E-state index in [-0.39, 0.29) is 40.8 Å². The highest BCUT2D eigenvalue weighted by Crippen LogP contribution is 2.43. The van der Waals surface area contributed by atoms with Gasteiger partial charge in [-0.1, -0.05) is 24.3 Å². The Labute approximate surface area is 210 Å². The topological polar surface area (TPSA) is 106 Å². The van der Waals surface area contributed by atoms with E-state index in [1.165, 1.54) is 30.7 Å². The summed E-state index contributed by atoms with van der Waals surface area (Å²) < 4.78 is 72.0. The van der Waals surface area contributed by atoms with Gasteiger partial charge in [-0.3, -0.25) is 4.72 Å². The molecule has 12 heteroatoms. The predicted molar refractivity (Wildman–Crippen MR) is 129 cm³/mol. The maximum Gasteiger partial charge on any atom is 0.391 e. The first-order chi connectivity index (χ1) is 17.0. The van der Waals surface area contributed by atoms with Gasteiger partial charge in [0, 0.05) is 10.9 Å². The van der Waals surface area contributed by atoms with Crippen molar-refractivity contribution >= 4 is 33.0 Å². The molecule has 2 N–H and O–H groups in total. The minimum atomic E-state index is -4.14. The lowest BCUT2D eigenvalue weighted by Crippen LogP contribution is -2.27. The normalized spacial score (nSPS) is 18.6. The van der Waals surface area contributed by atoms with Crippen LogP contribution in [0.15, 0.2) is 52.9 Å². The standard InChI is InChI=1S/C24H23F3N2O5S2/c1-34-20-12-17(23(30)31)8-11-19(20)29-36(32,33)21-13-35-22(28-21)16-4-2-14(3-5-16)15-6-9-18(10-7-15)24(25,26)27/h2-5,8,11-13,15,18,29H,6-7,9-10H2,1H3,(H,30,31)/t15-,18-. The molecule has 0 aliphatic heterocycles. The summed E-state index contributed by atoms with van der Waals surface area (Å²) in [5.74, 6) is -2.29. The summed E-state index contributed by atoms with van der Waals surface area (Å²) in [4.78, 5) is 15.4. The molecule has 1 aliphatic rings. The number of aromatic carboxylic acids is 1. The number of nitrogens with zero attached hydrogens (tertiary/aromatic N) is 1. The van der Waals surface area contributed by atoms with Crippen LogP contribution in [-0.2, 0) is 10.0 Å². The number of methoxy groups -OCH3 is 1. The Kier molecular flexibility index (Phi) is 7.28. The van der Waals surface area contributed by atoms with Crippen LogP contribution in [0.5, 0.6) is 5.75 Å². The molecule has 4 rings (SSSR count).